The minimum atomic E-state index is -3.34. The van der Waals surface area contributed by atoms with Crippen molar-refractivity contribution in [3.63, 3.8) is 0 Å². The lowest BCUT2D eigenvalue weighted by Gasteiger charge is -2.61. The number of fused-ring (bicyclic) bond motifs is 5. The second kappa shape index (κ2) is 8.16. The monoisotopic (exact) mass is 486 g/mol. The molecule has 0 saturated heterocycles. The molecule has 5 heteroatoms. The molecule has 4 aliphatic rings. The molecule has 4 nitrogen and oxygen atoms in total. The molecule has 0 aromatic heterocycles. The Kier molecular flexibility index (Phi) is 5.88. The summed E-state index contributed by atoms with van der Waals surface area (Å²) in [6, 6.07) is 8.79. The van der Waals surface area contributed by atoms with Crippen molar-refractivity contribution >= 4 is 15.6 Å². The fraction of sp³-hybridized carbons (Fsp3) is 0.759. The van der Waals surface area contributed by atoms with E-state index < -0.39 is 15.4 Å². The Morgan fingerprint density at radius 2 is 1.71 bits per heavy atom. The molecule has 0 heterocycles. The summed E-state index contributed by atoms with van der Waals surface area (Å²) in [5.41, 5.74) is -0.696. The first kappa shape index (κ1) is 24.5. The van der Waals surface area contributed by atoms with Crippen LogP contribution in [0.2, 0.25) is 0 Å². The lowest BCUT2D eigenvalue weighted by atomic mass is 9.43. The highest BCUT2D eigenvalue weighted by atomic mass is 32.2. The fourth-order valence-electron chi connectivity index (χ4n) is 9.40. The summed E-state index contributed by atoms with van der Waals surface area (Å²) in [6.07, 6.45) is 7.47. The Hall–Kier alpha value is -1.20. The number of carbonyl (C=O) groups excluding carboxylic acids is 1. The summed E-state index contributed by atoms with van der Waals surface area (Å²) >= 11 is 0. The predicted octanol–water partition coefficient (Wildman–Crippen LogP) is 5.69. The molecule has 1 N–H and O–H groups in total. The Bertz CT molecular complexity index is 1050. The highest BCUT2D eigenvalue weighted by Crippen LogP contribution is 2.67. The molecule has 0 bridgehead atoms. The zero-order chi connectivity index (χ0) is 24.5. The van der Waals surface area contributed by atoms with E-state index in [2.05, 4.69) is 20.8 Å². The first-order chi connectivity index (χ1) is 15.9. The van der Waals surface area contributed by atoms with Gasteiger partial charge >= 0.3 is 0 Å². The standard InChI is InChI=1S/C29H42O4S/c1-19(18-34(32,33)21-8-6-5-7-9-21)23-12-13-24-22-11-10-20-16-27(2,31)14-15-28(20,3)26(22)25(30)17-29(23,24)4/h5-9,19-20,22-24,26,31H,10-18H2,1-4H3/t19-,20-,22+,23-,24+,26-,27+,28+,29-/m1/s1. The van der Waals surface area contributed by atoms with E-state index in [1.54, 1.807) is 24.3 Å². The van der Waals surface area contributed by atoms with Crippen molar-refractivity contribution in [1.82, 2.24) is 0 Å². The van der Waals surface area contributed by atoms with Crippen LogP contribution in [0.25, 0.3) is 0 Å². The fourth-order valence-corrected chi connectivity index (χ4v) is 11.1. The maximum atomic E-state index is 13.9. The largest absolute Gasteiger partial charge is 0.390 e. The van der Waals surface area contributed by atoms with Crippen molar-refractivity contribution in [3.8, 4) is 0 Å². The zero-order valence-electron chi connectivity index (χ0n) is 21.3. The minimum Gasteiger partial charge on any atom is -0.390 e. The Morgan fingerprint density at radius 3 is 2.41 bits per heavy atom. The Balaban J connectivity index is 1.38. The van der Waals surface area contributed by atoms with E-state index in [-0.39, 0.29) is 34.3 Å². The summed E-state index contributed by atoms with van der Waals surface area (Å²) < 4.78 is 26.2. The van der Waals surface area contributed by atoms with Gasteiger partial charge in [0.05, 0.1) is 16.2 Å². The number of aliphatic hydroxyl groups is 1. The second-order valence-corrected chi connectivity index (χ2v) is 15.2. The molecule has 1 aromatic carbocycles. The summed E-state index contributed by atoms with van der Waals surface area (Å²) in [6.45, 7) is 8.70. The molecule has 34 heavy (non-hydrogen) atoms. The summed E-state index contributed by atoms with van der Waals surface area (Å²) in [4.78, 5) is 14.3. The first-order valence-corrected chi connectivity index (χ1v) is 15.1. The minimum absolute atomic E-state index is 0.00389. The van der Waals surface area contributed by atoms with Gasteiger partial charge in [0.1, 0.15) is 5.78 Å². The molecule has 0 amide bonds. The lowest BCUT2D eigenvalue weighted by Crippen LogP contribution is -2.59. The topological polar surface area (TPSA) is 71.4 Å². The third kappa shape index (κ3) is 3.80. The van der Waals surface area contributed by atoms with E-state index in [9.17, 15) is 18.3 Å². The van der Waals surface area contributed by atoms with Crippen LogP contribution in [-0.2, 0) is 14.6 Å². The SMILES string of the molecule is C[C@H](CS(=O)(=O)c1ccccc1)[C@H]1CC[C@H]2[C@@H]3CC[C@@H]4C[C@@](C)(O)CC[C@]4(C)[C@H]3C(=O)C[C@]12C. The van der Waals surface area contributed by atoms with Crippen LogP contribution < -0.4 is 0 Å². The van der Waals surface area contributed by atoms with Gasteiger partial charge < -0.3 is 5.11 Å². The van der Waals surface area contributed by atoms with E-state index in [1.807, 2.05) is 13.0 Å². The van der Waals surface area contributed by atoms with Crippen LogP contribution in [0.3, 0.4) is 0 Å². The van der Waals surface area contributed by atoms with Gasteiger partial charge in [0, 0.05) is 12.3 Å². The van der Waals surface area contributed by atoms with Crippen LogP contribution in [-0.4, -0.2) is 30.7 Å². The third-order valence-electron chi connectivity index (χ3n) is 11.0. The molecule has 0 aliphatic heterocycles. The number of carbonyl (C=O) groups is 1. The van der Waals surface area contributed by atoms with Gasteiger partial charge in [-0.2, -0.15) is 0 Å². The lowest BCUT2D eigenvalue weighted by molar-refractivity contribution is -0.168. The molecule has 5 rings (SSSR count). The van der Waals surface area contributed by atoms with Gasteiger partial charge in [-0.05, 0) is 104 Å². The van der Waals surface area contributed by atoms with Gasteiger partial charge in [0.15, 0.2) is 9.84 Å². The number of Topliss-reactive ketones (excluding diaryl/α,β-unsaturated/α-hetero) is 1. The van der Waals surface area contributed by atoms with Crippen molar-refractivity contribution in [3.05, 3.63) is 30.3 Å². The normalized spacial score (nSPS) is 45.2. The van der Waals surface area contributed by atoms with E-state index in [0.29, 0.717) is 34.9 Å². The number of rotatable bonds is 4. The van der Waals surface area contributed by atoms with Gasteiger partial charge in [0.2, 0.25) is 0 Å². The van der Waals surface area contributed by atoms with E-state index in [0.717, 1.165) is 44.9 Å². The second-order valence-electron chi connectivity index (χ2n) is 13.1. The average molecular weight is 487 g/mol. The van der Waals surface area contributed by atoms with Crippen molar-refractivity contribution in [2.45, 2.75) is 89.6 Å². The van der Waals surface area contributed by atoms with Gasteiger partial charge in [-0.15, -0.1) is 0 Å². The van der Waals surface area contributed by atoms with Gasteiger partial charge in [-0.3, -0.25) is 4.79 Å². The van der Waals surface area contributed by atoms with Crippen molar-refractivity contribution in [1.29, 1.82) is 0 Å². The van der Waals surface area contributed by atoms with E-state index in [1.165, 1.54) is 0 Å². The molecule has 188 valence electrons. The molecule has 0 unspecified atom stereocenters. The summed E-state index contributed by atoms with van der Waals surface area (Å²) in [5.74, 6) is 2.32. The maximum Gasteiger partial charge on any atom is 0.178 e. The third-order valence-corrected chi connectivity index (χ3v) is 12.9. The highest BCUT2D eigenvalue weighted by Gasteiger charge is 2.64. The van der Waals surface area contributed by atoms with Crippen LogP contribution in [0.15, 0.2) is 35.2 Å². The molecule has 4 aliphatic carbocycles. The van der Waals surface area contributed by atoms with Gasteiger partial charge in [-0.25, -0.2) is 8.42 Å². The highest BCUT2D eigenvalue weighted by molar-refractivity contribution is 7.91. The molecule has 9 atom stereocenters. The number of benzene rings is 1. The number of hydrogen-bond acceptors (Lipinski definition) is 4. The molecular formula is C29H42O4S. The average Bonchev–Trinajstić information content (AvgIpc) is 3.11. The molecule has 4 fully saturated rings. The van der Waals surface area contributed by atoms with Crippen molar-refractivity contribution in [2.75, 3.05) is 5.75 Å². The number of hydrogen-bond donors (Lipinski definition) is 1. The maximum absolute atomic E-state index is 13.9. The molecule has 1 aromatic rings. The quantitative estimate of drug-likeness (QED) is 0.594. The predicted molar refractivity (Wildman–Crippen MR) is 134 cm³/mol. The Morgan fingerprint density at radius 1 is 1.00 bits per heavy atom. The smallest absolute Gasteiger partial charge is 0.178 e. The van der Waals surface area contributed by atoms with Crippen LogP contribution in [0.1, 0.15) is 79.1 Å². The van der Waals surface area contributed by atoms with E-state index in [4.69, 9.17) is 0 Å². The number of ketones is 1. The van der Waals surface area contributed by atoms with Crippen LogP contribution in [0, 0.1) is 46.3 Å². The van der Waals surface area contributed by atoms with E-state index >= 15 is 0 Å². The first-order valence-electron chi connectivity index (χ1n) is 13.4. The molecule has 0 spiro atoms. The van der Waals surface area contributed by atoms with Crippen LogP contribution in [0.4, 0.5) is 0 Å². The zero-order valence-corrected chi connectivity index (χ0v) is 22.1. The summed E-state index contributed by atoms with van der Waals surface area (Å²) in [5, 5.41) is 10.7. The van der Waals surface area contributed by atoms with Gasteiger partial charge in [0.25, 0.3) is 0 Å². The van der Waals surface area contributed by atoms with Crippen molar-refractivity contribution < 1.29 is 18.3 Å². The summed E-state index contributed by atoms with van der Waals surface area (Å²) in [7, 11) is -3.34. The van der Waals surface area contributed by atoms with Crippen molar-refractivity contribution in [2.24, 2.45) is 46.3 Å². The number of sulfone groups is 1. The van der Waals surface area contributed by atoms with Crippen LogP contribution >= 0.6 is 0 Å². The Labute approximate surface area is 205 Å². The van der Waals surface area contributed by atoms with Gasteiger partial charge in [-0.1, -0.05) is 39.0 Å². The van der Waals surface area contributed by atoms with Crippen LogP contribution in [0.5, 0.6) is 0 Å². The molecule has 0 radical (unpaired) electrons. The molecular weight excluding hydrogens is 444 g/mol. The molecule has 4 saturated carbocycles.